The summed E-state index contributed by atoms with van der Waals surface area (Å²) < 4.78 is 1.77. The number of nitrogens with zero attached hydrogens (tertiary/aromatic N) is 2. The second kappa shape index (κ2) is 4.82. The maximum absolute atomic E-state index is 6.05. The Bertz CT molecular complexity index is 344. The van der Waals surface area contributed by atoms with Gasteiger partial charge < -0.3 is 5.32 Å². The number of aryl methyl sites for hydroxylation is 2. The van der Waals surface area contributed by atoms with Gasteiger partial charge in [-0.15, -0.1) is 0 Å². The van der Waals surface area contributed by atoms with E-state index in [2.05, 4.69) is 17.0 Å². The summed E-state index contributed by atoms with van der Waals surface area (Å²) in [6.07, 6.45) is 0. The molecule has 0 bridgehead atoms. The molecule has 1 heterocycles. The molecule has 0 radical (unpaired) electrons. The highest BCUT2D eigenvalue weighted by molar-refractivity contribution is 6.31. The lowest BCUT2D eigenvalue weighted by molar-refractivity contribution is 0.651. The molecule has 0 atom stereocenters. The van der Waals surface area contributed by atoms with Crippen LogP contribution in [-0.2, 0) is 13.6 Å². The number of nitrogens with one attached hydrogen (secondary N) is 1. The summed E-state index contributed by atoms with van der Waals surface area (Å²) in [5.41, 5.74) is 1.80. The largest absolute Gasteiger partial charge is 0.306 e. The monoisotopic (exact) mass is 233 g/mol. The zero-order valence-electron chi connectivity index (χ0n) is 8.27. The summed E-state index contributed by atoms with van der Waals surface area (Å²) >= 11 is 11.7. The summed E-state index contributed by atoms with van der Waals surface area (Å²) in [6, 6.07) is 0. The minimum atomic E-state index is 0.572. The molecule has 0 amide bonds. The molecule has 1 N–H and O–H groups in total. The molecule has 1 rings (SSSR count). The highest BCUT2D eigenvalue weighted by atomic mass is 35.5. The van der Waals surface area contributed by atoms with Crippen molar-refractivity contribution in [2.24, 2.45) is 7.05 Å². The van der Waals surface area contributed by atoms with E-state index in [1.807, 2.05) is 14.0 Å². The molecule has 3 nitrogen and oxygen atoms in total. The first-order valence-corrected chi connectivity index (χ1v) is 5.00. The van der Waals surface area contributed by atoms with E-state index in [1.54, 1.807) is 4.68 Å². The number of aromatic nitrogens is 2. The highest BCUT2D eigenvalue weighted by Gasteiger charge is 2.09. The Hall–Kier alpha value is -0.510. The average Bonchev–Trinajstić information content (AvgIpc) is 2.31. The molecule has 0 unspecified atom stereocenters. The summed E-state index contributed by atoms with van der Waals surface area (Å²) in [7, 11) is 1.87. The molecule has 5 heteroatoms. The number of halogens is 2. The molecule has 78 valence electrons. The van der Waals surface area contributed by atoms with Crippen LogP contribution in [0.5, 0.6) is 0 Å². The van der Waals surface area contributed by atoms with Crippen LogP contribution >= 0.6 is 23.2 Å². The van der Waals surface area contributed by atoms with Crippen molar-refractivity contribution in [3.8, 4) is 0 Å². The third kappa shape index (κ3) is 2.74. The van der Waals surface area contributed by atoms with Gasteiger partial charge in [-0.25, -0.2) is 0 Å². The van der Waals surface area contributed by atoms with Crippen molar-refractivity contribution in [2.75, 3.05) is 6.54 Å². The van der Waals surface area contributed by atoms with Crippen LogP contribution in [0.3, 0.4) is 0 Å². The summed E-state index contributed by atoms with van der Waals surface area (Å²) in [5, 5.41) is 8.61. The molecular weight excluding hydrogens is 221 g/mol. The van der Waals surface area contributed by atoms with Gasteiger partial charge in [-0.1, -0.05) is 29.8 Å². The molecule has 0 saturated carbocycles. The van der Waals surface area contributed by atoms with Gasteiger partial charge in [0.15, 0.2) is 0 Å². The number of hydrogen-bond acceptors (Lipinski definition) is 2. The Morgan fingerprint density at radius 2 is 2.29 bits per heavy atom. The highest BCUT2D eigenvalue weighted by Crippen LogP contribution is 2.18. The average molecular weight is 234 g/mol. The molecule has 0 spiro atoms. The minimum absolute atomic E-state index is 0.572. The summed E-state index contributed by atoms with van der Waals surface area (Å²) in [4.78, 5) is 0. The van der Waals surface area contributed by atoms with Crippen LogP contribution in [0.2, 0.25) is 5.02 Å². The molecular formula is C9H13Cl2N3. The molecule has 1 aromatic rings. The summed E-state index contributed by atoms with van der Waals surface area (Å²) in [6.45, 7) is 6.68. The summed E-state index contributed by atoms with van der Waals surface area (Å²) in [5.74, 6) is 0. The maximum Gasteiger partial charge on any atom is 0.0860 e. The van der Waals surface area contributed by atoms with Gasteiger partial charge in [0.25, 0.3) is 0 Å². The van der Waals surface area contributed by atoms with Crippen molar-refractivity contribution in [3.63, 3.8) is 0 Å². The van der Waals surface area contributed by atoms with Crippen LogP contribution in [-0.4, -0.2) is 16.3 Å². The van der Waals surface area contributed by atoms with Gasteiger partial charge in [0.1, 0.15) is 0 Å². The maximum atomic E-state index is 6.05. The molecule has 0 aliphatic carbocycles. The Balaban J connectivity index is 2.62. The first kappa shape index (κ1) is 11.6. The lowest BCUT2D eigenvalue weighted by Gasteiger charge is -2.04. The van der Waals surface area contributed by atoms with Crippen LogP contribution in [0.4, 0.5) is 0 Å². The van der Waals surface area contributed by atoms with Crippen molar-refractivity contribution in [3.05, 3.63) is 28.0 Å². The number of rotatable bonds is 4. The second-order valence-electron chi connectivity index (χ2n) is 3.09. The first-order chi connectivity index (χ1) is 6.52. The quantitative estimate of drug-likeness (QED) is 0.865. The minimum Gasteiger partial charge on any atom is -0.306 e. The molecule has 0 aromatic carbocycles. The van der Waals surface area contributed by atoms with Crippen molar-refractivity contribution >= 4 is 23.2 Å². The first-order valence-electron chi connectivity index (χ1n) is 4.24. The Morgan fingerprint density at radius 1 is 1.64 bits per heavy atom. The third-order valence-corrected chi connectivity index (χ3v) is 2.50. The zero-order chi connectivity index (χ0) is 10.7. The van der Waals surface area contributed by atoms with Gasteiger partial charge in [0, 0.05) is 25.2 Å². The van der Waals surface area contributed by atoms with Crippen LogP contribution < -0.4 is 5.32 Å². The van der Waals surface area contributed by atoms with Gasteiger partial charge in [-0.05, 0) is 6.92 Å². The van der Waals surface area contributed by atoms with Crippen molar-refractivity contribution in [1.29, 1.82) is 0 Å². The topological polar surface area (TPSA) is 29.9 Å². The van der Waals surface area contributed by atoms with Crippen molar-refractivity contribution < 1.29 is 0 Å². The van der Waals surface area contributed by atoms with Crippen LogP contribution in [0.15, 0.2) is 11.6 Å². The number of hydrogen-bond donors (Lipinski definition) is 1. The molecule has 0 aliphatic heterocycles. The fourth-order valence-corrected chi connectivity index (χ4v) is 1.51. The molecule has 0 fully saturated rings. The normalized spacial score (nSPS) is 10.6. The van der Waals surface area contributed by atoms with E-state index in [4.69, 9.17) is 23.2 Å². The van der Waals surface area contributed by atoms with Gasteiger partial charge in [-0.3, -0.25) is 4.68 Å². The van der Waals surface area contributed by atoms with Gasteiger partial charge in [0.2, 0.25) is 0 Å². The van der Waals surface area contributed by atoms with Gasteiger partial charge in [0.05, 0.1) is 16.4 Å². The smallest absolute Gasteiger partial charge is 0.0860 e. The Labute approximate surface area is 93.7 Å². The molecule has 1 aromatic heterocycles. The standard InChI is InChI=1S/C9H13Cl2N3/c1-6(10)4-12-5-8-9(11)7(2)13-14(8)3/h12H,1,4-5H2,2-3H3. The zero-order valence-corrected chi connectivity index (χ0v) is 9.78. The van der Waals surface area contributed by atoms with E-state index in [0.717, 1.165) is 11.4 Å². The second-order valence-corrected chi connectivity index (χ2v) is 4.00. The SMILES string of the molecule is C=C(Cl)CNCc1c(Cl)c(C)nn1C. The fraction of sp³-hybridized carbons (Fsp3) is 0.444. The fourth-order valence-electron chi connectivity index (χ4n) is 1.19. The van der Waals surface area contributed by atoms with E-state index >= 15 is 0 Å². The van der Waals surface area contributed by atoms with Gasteiger partial charge in [-0.2, -0.15) is 5.10 Å². The molecule has 0 aliphatic rings. The predicted molar refractivity (Wildman–Crippen MR) is 59.7 cm³/mol. The van der Waals surface area contributed by atoms with Crippen LogP contribution in [0, 0.1) is 6.92 Å². The van der Waals surface area contributed by atoms with Crippen LogP contribution in [0.1, 0.15) is 11.4 Å². The van der Waals surface area contributed by atoms with E-state index < -0.39 is 0 Å². The van der Waals surface area contributed by atoms with Crippen LogP contribution in [0.25, 0.3) is 0 Å². The lowest BCUT2D eigenvalue weighted by atomic mass is 10.3. The van der Waals surface area contributed by atoms with E-state index in [9.17, 15) is 0 Å². The molecule has 14 heavy (non-hydrogen) atoms. The van der Waals surface area contributed by atoms with Crippen molar-refractivity contribution in [1.82, 2.24) is 15.1 Å². The van der Waals surface area contributed by atoms with E-state index in [-0.39, 0.29) is 0 Å². The third-order valence-electron chi connectivity index (χ3n) is 1.87. The van der Waals surface area contributed by atoms with Gasteiger partial charge >= 0.3 is 0 Å². The van der Waals surface area contributed by atoms with E-state index in [1.165, 1.54) is 0 Å². The van der Waals surface area contributed by atoms with E-state index in [0.29, 0.717) is 23.1 Å². The Morgan fingerprint density at radius 3 is 2.71 bits per heavy atom. The van der Waals surface area contributed by atoms with Crippen molar-refractivity contribution in [2.45, 2.75) is 13.5 Å². The predicted octanol–water partition coefficient (Wildman–Crippen LogP) is 2.22. The molecule has 0 saturated heterocycles. The Kier molecular flexibility index (Phi) is 3.98. The lowest BCUT2D eigenvalue weighted by Crippen LogP contribution is -2.17.